The Kier molecular flexibility index (Phi) is 4.30. The quantitative estimate of drug-likeness (QED) is 0.604. The highest BCUT2D eigenvalue weighted by molar-refractivity contribution is 5.13. The zero-order valence-electron chi connectivity index (χ0n) is 9.04. The van der Waals surface area contributed by atoms with Crippen LogP contribution in [0.3, 0.4) is 0 Å². The van der Waals surface area contributed by atoms with Gasteiger partial charge in [0.25, 0.3) is 0 Å². The fraction of sp³-hybridized carbons (Fsp3) is 0.500. The molecule has 0 aliphatic carbocycles. The van der Waals surface area contributed by atoms with Crippen molar-refractivity contribution in [1.82, 2.24) is 0 Å². The van der Waals surface area contributed by atoms with Crippen molar-refractivity contribution in [3.8, 4) is 0 Å². The molecule has 16 heavy (non-hydrogen) atoms. The van der Waals surface area contributed by atoms with Crippen LogP contribution in [0.1, 0.15) is 12.0 Å². The van der Waals surface area contributed by atoms with Gasteiger partial charge in [-0.3, -0.25) is 0 Å². The van der Waals surface area contributed by atoms with Crippen LogP contribution in [0, 0.1) is 0 Å². The average molecular weight is 224 g/mol. The molecule has 0 bridgehead atoms. The van der Waals surface area contributed by atoms with Gasteiger partial charge in [0.05, 0.1) is 13.2 Å². The molecule has 0 amide bonds. The second-order valence-electron chi connectivity index (χ2n) is 3.71. The number of rotatable bonds is 5. The van der Waals surface area contributed by atoms with Gasteiger partial charge in [0.2, 0.25) is 0 Å². The molecule has 1 fully saturated rings. The SMILES string of the molecule is OC1OCC[C@@H]1OCOCc1ccccc1. The third-order valence-corrected chi connectivity index (χ3v) is 2.49. The smallest absolute Gasteiger partial charge is 0.181 e. The van der Waals surface area contributed by atoms with Gasteiger partial charge in [-0.25, -0.2) is 0 Å². The molecule has 1 aliphatic heterocycles. The first kappa shape index (κ1) is 11.5. The van der Waals surface area contributed by atoms with E-state index in [-0.39, 0.29) is 12.9 Å². The van der Waals surface area contributed by atoms with Gasteiger partial charge in [0.15, 0.2) is 6.29 Å². The first-order valence-electron chi connectivity index (χ1n) is 5.39. The topological polar surface area (TPSA) is 47.9 Å². The van der Waals surface area contributed by atoms with E-state index in [0.29, 0.717) is 13.2 Å². The maximum Gasteiger partial charge on any atom is 0.181 e. The fourth-order valence-corrected chi connectivity index (χ4v) is 1.59. The van der Waals surface area contributed by atoms with Gasteiger partial charge in [-0.2, -0.15) is 0 Å². The number of hydrogen-bond acceptors (Lipinski definition) is 4. The molecule has 0 spiro atoms. The summed E-state index contributed by atoms with van der Waals surface area (Å²) in [6, 6.07) is 9.88. The molecule has 4 heteroatoms. The summed E-state index contributed by atoms with van der Waals surface area (Å²) in [5, 5.41) is 9.30. The number of benzene rings is 1. The summed E-state index contributed by atoms with van der Waals surface area (Å²) in [7, 11) is 0. The Labute approximate surface area is 94.8 Å². The Bertz CT molecular complexity index is 301. The molecule has 1 aliphatic rings. The van der Waals surface area contributed by atoms with E-state index in [0.717, 1.165) is 12.0 Å². The van der Waals surface area contributed by atoms with E-state index in [1.807, 2.05) is 30.3 Å². The van der Waals surface area contributed by atoms with Gasteiger partial charge in [-0.15, -0.1) is 0 Å². The number of hydrogen-bond donors (Lipinski definition) is 1. The standard InChI is InChI=1S/C12H16O4/c13-12-11(6-7-15-12)16-9-14-8-10-4-2-1-3-5-10/h1-5,11-13H,6-9H2/t11-,12?/m0/s1. The van der Waals surface area contributed by atoms with E-state index in [9.17, 15) is 5.11 Å². The van der Waals surface area contributed by atoms with Gasteiger partial charge < -0.3 is 19.3 Å². The maximum absolute atomic E-state index is 9.30. The summed E-state index contributed by atoms with van der Waals surface area (Å²) < 4.78 is 15.6. The Hall–Kier alpha value is -0.940. The maximum atomic E-state index is 9.30. The van der Waals surface area contributed by atoms with Gasteiger partial charge in [0, 0.05) is 6.42 Å². The van der Waals surface area contributed by atoms with Gasteiger partial charge >= 0.3 is 0 Å². The van der Waals surface area contributed by atoms with Crippen LogP contribution in [-0.4, -0.2) is 30.9 Å². The second-order valence-corrected chi connectivity index (χ2v) is 3.71. The van der Waals surface area contributed by atoms with E-state index in [1.165, 1.54) is 0 Å². The summed E-state index contributed by atoms with van der Waals surface area (Å²) in [4.78, 5) is 0. The number of aliphatic hydroxyl groups excluding tert-OH is 1. The lowest BCUT2D eigenvalue weighted by molar-refractivity contribution is -0.167. The van der Waals surface area contributed by atoms with Crippen molar-refractivity contribution < 1.29 is 19.3 Å². The van der Waals surface area contributed by atoms with Crippen molar-refractivity contribution in [2.75, 3.05) is 13.4 Å². The predicted molar refractivity (Wildman–Crippen MR) is 57.5 cm³/mol. The molecule has 1 saturated heterocycles. The highest BCUT2D eigenvalue weighted by Gasteiger charge is 2.26. The molecule has 1 aromatic carbocycles. The van der Waals surface area contributed by atoms with Crippen molar-refractivity contribution in [2.45, 2.75) is 25.4 Å². The molecule has 2 rings (SSSR count). The molecule has 0 aromatic heterocycles. The van der Waals surface area contributed by atoms with Crippen LogP contribution in [0.25, 0.3) is 0 Å². The van der Waals surface area contributed by atoms with E-state index < -0.39 is 6.29 Å². The van der Waals surface area contributed by atoms with Crippen LogP contribution in [0.4, 0.5) is 0 Å². The van der Waals surface area contributed by atoms with E-state index in [1.54, 1.807) is 0 Å². The third kappa shape index (κ3) is 3.28. The van der Waals surface area contributed by atoms with E-state index >= 15 is 0 Å². The lowest BCUT2D eigenvalue weighted by atomic mass is 10.2. The van der Waals surface area contributed by atoms with Gasteiger partial charge in [-0.05, 0) is 5.56 Å². The lowest BCUT2D eigenvalue weighted by Gasteiger charge is -2.14. The zero-order valence-corrected chi connectivity index (χ0v) is 9.04. The Morgan fingerprint density at radius 1 is 1.31 bits per heavy atom. The Morgan fingerprint density at radius 3 is 2.81 bits per heavy atom. The molecule has 1 heterocycles. The molecule has 1 unspecified atom stereocenters. The van der Waals surface area contributed by atoms with Crippen LogP contribution < -0.4 is 0 Å². The summed E-state index contributed by atoms with van der Waals surface area (Å²) in [6.07, 6.45) is -0.341. The number of aliphatic hydroxyl groups is 1. The summed E-state index contributed by atoms with van der Waals surface area (Å²) in [5.41, 5.74) is 1.11. The van der Waals surface area contributed by atoms with Crippen molar-refractivity contribution in [2.24, 2.45) is 0 Å². The largest absolute Gasteiger partial charge is 0.366 e. The van der Waals surface area contributed by atoms with Crippen molar-refractivity contribution in [3.63, 3.8) is 0 Å². The first-order valence-corrected chi connectivity index (χ1v) is 5.39. The fourth-order valence-electron chi connectivity index (χ4n) is 1.59. The minimum Gasteiger partial charge on any atom is -0.366 e. The minimum atomic E-state index is -0.805. The van der Waals surface area contributed by atoms with Crippen LogP contribution in [-0.2, 0) is 20.8 Å². The molecule has 1 N–H and O–H groups in total. The van der Waals surface area contributed by atoms with Gasteiger partial charge in [0.1, 0.15) is 12.9 Å². The van der Waals surface area contributed by atoms with Crippen molar-refractivity contribution in [3.05, 3.63) is 35.9 Å². The highest BCUT2D eigenvalue weighted by atomic mass is 16.7. The molecular weight excluding hydrogens is 208 g/mol. The highest BCUT2D eigenvalue weighted by Crippen LogP contribution is 2.14. The molecule has 1 aromatic rings. The van der Waals surface area contributed by atoms with E-state index in [2.05, 4.69) is 0 Å². The summed E-state index contributed by atoms with van der Waals surface area (Å²) in [5.74, 6) is 0. The lowest BCUT2D eigenvalue weighted by Crippen LogP contribution is -2.24. The second kappa shape index (κ2) is 5.96. The average Bonchev–Trinajstić information content (AvgIpc) is 2.72. The molecule has 2 atom stereocenters. The summed E-state index contributed by atoms with van der Waals surface area (Å²) >= 11 is 0. The molecule has 88 valence electrons. The minimum absolute atomic E-state index is 0.181. The van der Waals surface area contributed by atoms with Crippen LogP contribution in [0.2, 0.25) is 0 Å². The molecule has 0 saturated carbocycles. The summed E-state index contributed by atoms with van der Waals surface area (Å²) in [6.45, 7) is 1.25. The van der Waals surface area contributed by atoms with Crippen molar-refractivity contribution >= 4 is 0 Å². The van der Waals surface area contributed by atoms with Crippen molar-refractivity contribution in [1.29, 1.82) is 0 Å². The van der Waals surface area contributed by atoms with Gasteiger partial charge in [-0.1, -0.05) is 30.3 Å². The van der Waals surface area contributed by atoms with Crippen LogP contribution in [0.15, 0.2) is 30.3 Å². The third-order valence-electron chi connectivity index (χ3n) is 2.49. The Morgan fingerprint density at radius 2 is 2.12 bits per heavy atom. The molecule has 4 nitrogen and oxygen atoms in total. The number of ether oxygens (including phenoxy) is 3. The molecule has 0 radical (unpaired) electrons. The van der Waals surface area contributed by atoms with E-state index in [4.69, 9.17) is 14.2 Å². The normalized spacial score (nSPS) is 24.8. The zero-order chi connectivity index (χ0) is 11.2. The molecular formula is C12H16O4. The first-order chi connectivity index (χ1) is 7.86. The van der Waals surface area contributed by atoms with Crippen LogP contribution >= 0.6 is 0 Å². The van der Waals surface area contributed by atoms with Crippen LogP contribution in [0.5, 0.6) is 0 Å². The monoisotopic (exact) mass is 224 g/mol. The Balaban J connectivity index is 1.62. The predicted octanol–water partition coefficient (Wildman–Crippen LogP) is 1.28.